The zero-order chi connectivity index (χ0) is 16.4. The van der Waals surface area contributed by atoms with E-state index in [9.17, 15) is 0 Å². The molecule has 120 valence electrons. The molecule has 0 N–H and O–H groups in total. The van der Waals surface area contributed by atoms with Crippen LogP contribution in [-0.4, -0.2) is 16.6 Å². The number of hydrogen-bond donors (Lipinski definition) is 0. The van der Waals surface area contributed by atoms with Gasteiger partial charge in [0.25, 0.3) is 6.29 Å². The van der Waals surface area contributed by atoms with E-state index in [1.165, 1.54) is 5.56 Å². The third-order valence-corrected chi connectivity index (χ3v) is 3.53. The topological polar surface area (TPSA) is 34.1 Å². The number of amidine groups is 1. The Morgan fingerprint density at radius 1 is 0.957 bits per heavy atom. The lowest BCUT2D eigenvalue weighted by Gasteiger charge is -2.28. The van der Waals surface area contributed by atoms with E-state index in [0.717, 1.165) is 11.3 Å². The lowest BCUT2D eigenvalue weighted by molar-refractivity contribution is -0.194. The van der Waals surface area contributed by atoms with Gasteiger partial charge in [0.2, 0.25) is 0 Å². The molecule has 1 fully saturated rings. The highest BCUT2D eigenvalue weighted by Crippen LogP contribution is 2.33. The third-order valence-electron chi connectivity index (χ3n) is 3.53. The summed E-state index contributed by atoms with van der Waals surface area (Å²) in [5.41, 5.74) is 2.76. The van der Waals surface area contributed by atoms with Gasteiger partial charge in [-0.15, -0.1) is 0 Å². The van der Waals surface area contributed by atoms with Crippen LogP contribution in [0.2, 0.25) is 0 Å². The predicted octanol–water partition coefficient (Wildman–Crippen LogP) is 4.74. The first-order chi connectivity index (χ1) is 10.9. The molecule has 2 aromatic rings. The van der Waals surface area contributed by atoms with Crippen LogP contribution in [0.4, 0.5) is 5.69 Å². The van der Waals surface area contributed by atoms with Crippen LogP contribution in [0.1, 0.15) is 38.2 Å². The highest BCUT2D eigenvalue weighted by atomic mass is 16.9. The van der Waals surface area contributed by atoms with Crippen molar-refractivity contribution in [1.29, 1.82) is 0 Å². The molecule has 4 heteroatoms. The van der Waals surface area contributed by atoms with E-state index < -0.39 is 6.29 Å². The van der Waals surface area contributed by atoms with Crippen LogP contribution in [0, 0.1) is 6.92 Å². The summed E-state index contributed by atoms with van der Waals surface area (Å²) in [5.74, 6) is 0. The maximum absolute atomic E-state index is 6.00. The van der Waals surface area contributed by atoms with E-state index in [4.69, 9.17) is 9.57 Å². The maximum Gasteiger partial charge on any atom is 0.320 e. The molecule has 1 aliphatic heterocycles. The Bertz CT molecular complexity index is 688. The zero-order valence-corrected chi connectivity index (χ0v) is 14.0. The van der Waals surface area contributed by atoms with Gasteiger partial charge in [-0.25, -0.2) is 4.84 Å². The number of hydrogen-bond acceptors (Lipinski definition) is 3. The van der Waals surface area contributed by atoms with Gasteiger partial charge in [-0.3, -0.25) is 0 Å². The molecule has 1 aliphatic rings. The Morgan fingerprint density at radius 2 is 1.61 bits per heavy atom. The second kappa shape index (κ2) is 6.05. The van der Waals surface area contributed by atoms with Gasteiger partial charge in [-0.1, -0.05) is 48.0 Å². The molecule has 0 aromatic heterocycles. The van der Waals surface area contributed by atoms with E-state index in [1.807, 2.05) is 54.6 Å². The highest BCUT2D eigenvalue weighted by Gasteiger charge is 2.39. The molecule has 1 saturated heterocycles. The van der Waals surface area contributed by atoms with E-state index in [-0.39, 0.29) is 5.54 Å². The van der Waals surface area contributed by atoms with Gasteiger partial charge in [-0.2, -0.15) is 10.1 Å². The fourth-order valence-corrected chi connectivity index (χ4v) is 2.29. The molecule has 23 heavy (non-hydrogen) atoms. The van der Waals surface area contributed by atoms with E-state index >= 15 is 0 Å². The van der Waals surface area contributed by atoms with Crippen molar-refractivity contribution >= 4 is 11.7 Å². The average molecular weight is 310 g/mol. The van der Waals surface area contributed by atoms with Crippen molar-refractivity contribution in [3.63, 3.8) is 0 Å². The lowest BCUT2D eigenvalue weighted by Crippen LogP contribution is -2.41. The smallest absolute Gasteiger partial charge is 0.320 e. The minimum absolute atomic E-state index is 0.257. The molecular formula is C19H22N2O2. The van der Waals surface area contributed by atoms with Gasteiger partial charge in [0.15, 0.2) is 0 Å². The minimum atomic E-state index is -0.473. The SMILES string of the molecule is Cc1ccc(N=C2OC(c3ccccc3)ON2C(C)(C)C)cc1. The zero-order valence-electron chi connectivity index (χ0n) is 14.0. The van der Waals surface area contributed by atoms with Gasteiger partial charge in [0, 0.05) is 5.56 Å². The van der Waals surface area contributed by atoms with Crippen LogP contribution in [-0.2, 0) is 9.57 Å². The number of rotatable bonds is 2. The number of benzene rings is 2. The van der Waals surface area contributed by atoms with Crippen LogP contribution in [0.25, 0.3) is 0 Å². The van der Waals surface area contributed by atoms with E-state index in [0.29, 0.717) is 6.02 Å². The summed E-state index contributed by atoms with van der Waals surface area (Å²) in [6.45, 7) is 8.25. The van der Waals surface area contributed by atoms with E-state index in [2.05, 4.69) is 32.7 Å². The Morgan fingerprint density at radius 3 is 2.22 bits per heavy atom. The van der Waals surface area contributed by atoms with Gasteiger partial charge >= 0.3 is 6.02 Å². The molecule has 0 amide bonds. The molecule has 1 unspecified atom stereocenters. The van der Waals surface area contributed by atoms with Crippen LogP contribution in [0.3, 0.4) is 0 Å². The molecule has 0 radical (unpaired) electrons. The summed E-state index contributed by atoms with van der Waals surface area (Å²) >= 11 is 0. The van der Waals surface area contributed by atoms with Gasteiger partial charge in [-0.05, 0) is 39.8 Å². The van der Waals surface area contributed by atoms with Crippen molar-refractivity contribution in [1.82, 2.24) is 5.06 Å². The number of hydroxylamine groups is 2. The van der Waals surface area contributed by atoms with Crippen molar-refractivity contribution in [2.75, 3.05) is 0 Å². The Hall–Kier alpha value is -2.33. The van der Waals surface area contributed by atoms with Crippen molar-refractivity contribution in [3.8, 4) is 0 Å². The van der Waals surface area contributed by atoms with Crippen molar-refractivity contribution in [3.05, 3.63) is 65.7 Å². The summed E-state index contributed by atoms with van der Waals surface area (Å²) in [4.78, 5) is 10.6. The van der Waals surface area contributed by atoms with Crippen LogP contribution in [0.5, 0.6) is 0 Å². The normalized spacial score (nSPS) is 19.9. The lowest BCUT2D eigenvalue weighted by atomic mass is 10.1. The summed E-state index contributed by atoms with van der Waals surface area (Å²) in [5, 5.41) is 1.74. The Kier molecular flexibility index (Phi) is 4.09. The first kappa shape index (κ1) is 15.6. The largest absolute Gasteiger partial charge is 0.427 e. The fourth-order valence-electron chi connectivity index (χ4n) is 2.29. The molecule has 1 heterocycles. The Balaban J connectivity index is 1.91. The monoisotopic (exact) mass is 310 g/mol. The molecule has 2 aromatic carbocycles. The fraction of sp³-hybridized carbons (Fsp3) is 0.316. The molecule has 3 rings (SSSR count). The number of ether oxygens (including phenoxy) is 1. The molecule has 4 nitrogen and oxygen atoms in total. The average Bonchev–Trinajstić information content (AvgIpc) is 2.95. The summed E-state index contributed by atoms with van der Waals surface area (Å²) < 4.78 is 5.97. The standard InChI is InChI=1S/C19H22N2O2/c1-14-10-12-16(13-11-14)20-18-21(19(2,3)4)23-17(22-18)15-8-6-5-7-9-15/h5-13,17H,1-4H3. The molecule has 0 aliphatic carbocycles. The first-order valence-corrected chi connectivity index (χ1v) is 7.77. The maximum atomic E-state index is 6.00. The van der Waals surface area contributed by atoms with Crippen LogP contribution >= 0.6 is 0 Å². The third kappa shape index (κ3) is 3.54. The van der Waals surface area contributed by atoms with Crippen molar-refractivity contribution in [2.45, 2.75) is 39.5 Å². The number of nitrogens with zero attached hydrogens (tertiary/aromatic N) is 2. The summed E-state index contributed by atoms with van der Waals surface area (Å²) in [6.07, 6.45) is -0.473. The minimum Gasteiger partial charge on any atom is -0.427 e. The highest BCUT2D eigenvalue weighted by molar-refractivity contribution is 5.78. The second-order valence-corrected chi connectivity index (χ2v) is 6.66. The summed E-state index contributed by atoms with van der Waals surface area (Å²) in [6, 6.07) is 18.4. The van der Waals surface area contributed by atoms with Gasteiger partial charge in [0.1, 0.15) is 0 Å². The van der Waals surface area contributed by atoms with Crippen LogP contribution in [0.15, 0.2) is 59.6 Å². The van der Waals surface area contributed by atoms with Crippen LogP contribution < -0.4 is 0 Å². The van der Waals surface area contributed by atoms with Gasteiger partial charge in [0.05, 0.1) is 11.2 Å². The summed E-state index contributed by atoms with van der Waals surface area (Å²) in [7, 11) is 0. The van der Waals surface area contributed by atoms with Crippen molar-refractivity contribution in [2.24, 2.45) is 4.99 Å². The van der Waals surface area contributed by atoms with E-state index in [1.54, 1.807) is 5.06 Å². The molecule has 0 saturated carbocycles. The molecule has 0 bridgehead atoms. The molecule has 0 spiro atoms. The molecule has 1 atom stereocenters. The molecular weight excluding hydrogens is 288 g/mol. The van der Waals surface area contributed by atoms with Crippen molar-refractivity contribution < 1.29 is 9.57 Å². The quantitative estimate of drug-likeness (QED) is 0.803. The first-order valence-electron chi connectivity index (χ1n) is 7.77. The second-order valence-electron chi connectivity index (χ2n) is 6.66. The number of aryl methyl sites for hydroxylation is 1. The number of aliphatic imine (C=N–C) groups is 1. The predicted molar refractivity (Wildman–Crippen MR) is 91.2 cm³/mol. The Labute approximate surface area is 137 Å². The van der Waals surface area contributed by atoms with Gasteiger partial charge < -0.3 is 4.74 Å².